The molecule has 25 heavy (non-hydrogen) atoms. The van der Waals surface area contributed by atoms with Gasteiger partial charge in [-0.2, -0.15) is 0 Å². The van der Waals surface area contributed by atoms with Crippen molar-refractivity contribution in [2.75, 3.05) is 11.0 Å². The van der Waals surface area contributed by atoms with Gasteiger partial charge >= 0.3 is 35.2 Å². The first-order valence-electron chi connectivity index (χ1n) is 9.89. The molecule has 0 saturated heterocycles. The van der Waals surface area contributed by atoms with Crippen LogP contribution in [0.2, 0.25) is 0 Å². The van der Waals surface area contributed by atoms with E-state index in [2.05, 4.69) is 50.4 Å². The van der Waals surface area contributed by atoms with E-state index in [0.29, 0.717) is 4.35 Å². The van der Waals surface area contributed by atoms with Crippen LogP contribution >= 0.6 is 19.5 Å². The second-order valence-corrected chi connectivity index (χ2v) is 11.2. The van der Waals surface area contributed by atoms with E-state index in [-0.39, 0.29) is 7.92 Å². The Morgan fingerprint density at radius 3 is 2.00 bits per heavy atom. The Hall–Kier alpha value is 0.402. The summed E-state index contributed by atoms with van der Waals surface area (Å²) in [5, 5.41) is 1.62. The molecule has 0 aliphatic heterocycles. The van der Waals surface area contributed by atoms with E-state index >= 15 is 0 Å². The van der Waals surface area contributed by atoms with Gasteiger partial charge in [0, 0.05) is 0 Å². The molecule has 2 aliphatic rings. The number of hydrogen-bond donors (Lipinski definition) is 0. The third kappa shape index (κ3) is 7.14. The molecular weight excluding hydrogens is 441 g/mol. The number of benzene rings is 1. The molecule has 0 bridgehead atoms. The van der Waals surface area contributed by atoms with Gasteiger partial charge in [-0.05, 0) is 61.4 Å². The number of halogens is 1. The van der Waals surface area contributed by atoms with Crippen molar-refractivity contribution in [3.8, 4) is 5.75 Å². The number of alkyl halides is 1. The minimum atomic E-state index is 0.000970. The first kappa shape index (κ1) is 21.7. The van der Waals surface area contributed by atoms with Gasteiger partial charge in [-0.15, -0.1) is 0 Å². The van der Waals surface area contributed by atoms with E-state index in [1.54, 1.807) is 5.30 Å². The Kier molecular flexibility index (Phi) is 11.0. The van der Waals surface area contributed by atoms with Crippen molar-refractivity contribution in [2.24, 2.45) is 0 Å². The Morgan fingerprint density at radius 2 is 1.52 bits per heavy atom. The fourth-order valence-corrected chi connectivity index (χ4v) is 8.16. The molecule has 0 spiro atoms. The van der Waals surface area contributed by atoms with Crippen molar-refractivity contribution in [3.63, 3.8) is 0 Å². The van der Waals surface area contributed by atoms with E-state index in [9.17, 15) is 0 Å². The van der Waals surface area contributed by atoms with Gasteiger partial charge in [0.25, 0.3) is 0 Å². The first-order chi connectivity index (χ1) is 12.3. The van der Waals surface area contributed by atoms with Crippen LogP contribution in [0.1, 0.15) is 71.1 Å². The molecule has 0 atom stereocenters. The third-order valence-electron chi connectivity index (χ3n) is 5.36. The molecule has 2 aliphatic carbocycles. The summed E-state index contributed by atoms with van der Waals surface area (Å²) in [5.74, 6) is 1.08. The number of ether oxygens (including phenoxy) is 1. The molecule has 0 aromatic heterocycles. The van der Waals surface area contributed by atoms with E-state index in [1.807, 2.05) is 0 Å². The van der Waals surface area contributed by atoms with Gasteiger partial charge in [-0.1, -0.05) is 58.6 Å². The predicted molar refractivity (Wildman–Crippen MR) is 109 cm³/mol. The minimum absolute atomic E-state index is 0.000970. The monoisotopic (exact) mass is 473 g/mol. The van der Waals surface area contributed by atoms with E-state index in [4.69, 9.17) is 16.3 Å². The summed E-state index contributed by atoms with van der Waals surface area (Å²) in [6, 6.07) is 9.12. The molecule has 3 rings (SSSR count). The molecule has 145 valence electrons. The van der Waals surface area contributed by atoms with Gasteiger partial charge in [0.2, 0.25) is 0 Å². The zero-order valence-corrected chi connectivity index (χ0v) is 18.7. The fourth-order valence-electron chi connectivity index (χ4n) is 4.34. The summed E-state index contributed by atoms with van der Waals surface area (Å²) < 4.78 is 6.35. The fraction of sp³-hybridized carbons (Fsp3) is 0.714. The standard InChI is InChI=1S/C20H31OP.CH2Cl.Pd/c1-2-21-17-10-9-15-20(16-17)22(18-11-5-3-6-12-18)19-13-7-4-8-14-19;1-2;/h9-10,15-16,18-19H,2-8,11-14H2,1H3;1H2;. The maximum atomic E-state index is 5.78. The Labute approximate surface area is 171 Å². The summed E-state index contributed by atoms with van der Waals surface area (Å²) in [7, 11) is 0.000970. The van der Waals surface area contributed by atoms with Gasteiger partial charge in [0.15, 0.2) is 0 Å². The predicted octanol–water partition coefficient (Wildman–Crippen LogP) is 6.59. The molecular formula is C21H33ClOPPd. The van der Waals surface area contributed by atoms with E-state index in [1.165, 1.54) is 64.2 Å². The van der Waals surface area contributed by atoms with Gasteiger partial charge < -0.3 is 4.74 Å². The van der Waals surface area contributed by atoms with Gasteiger partial charge in [0.05, 0.1) is 6.61 Å². The first-order valence-corrected chi connectivity index (χ1v) is 13.0. The Balaban J connectivity index is 0.000000701. The number of hydrogen-bond acceptors (Lipinski definition) is 1. The van der Waals surface area contributed by atoms with Crippen molar-refractivity contribution in [1.82, 2.24) is 0 Å². The molecule has 2 fully saturated rings. The molecule has 0 N–H and O–H groups in total. The average Bonchev–Trinajstić information content (AvgIpc) is 2.65. The van der Waals surface area contributed by atoms with Crippen LogP contribution in [0.25, 0.3) is 0 Å². The van der Waals surface area contributed by atoms with Gasteiger partial charge in [0.1, 0.15) is 5.75 Å². The van der Waals surface area contributed by atoms with Crippen molar-refractivity contribution in [3.05, 3.63) is 24.3 Å². The average molecular weight is 474 g/mol. The quantitative estimate of drug-likeness (QED) is 0.266. The zero-order chi connectivity index (χ0) is 17.9. The van der Waals surface area contributed by atoms with Crippen molar-refractivity contribution in [2.45, 2.75) is 82.4 Å². The molecule has 0 radical (unpaired) electrons. The second-order valence-electron chi connectivity index (χ2n) is 7.01. The second kappa shape index (κ2) is 12.7. The third-order valence-corrected chi connectivity index (χ3v) is 8.84. The van der Waals surface area contributed by atoms with E-state index in [0.717, 1.165) is 23.7 Å². The van der Waals surface area contributed by atoms with Crippen LogP contribution in [0.4, 0.5) is 0 Å². The summed E-state index contributed by atoms with van der Waals surface area (Å²) in [6.07, 6.45) is 14.7. The van der Waals surface area contributed by atoms with Crippen molar-refractivity contribution in [1.29, 1.82) is 0 Å². The Morgan fingerprint density at radius 1 is 1.00 bits per heavy atom. The van der Waals surface area contributed by atoms with Crippen molar-refractivity contribution < 1.29 is 23.9 Å². The summed E-state index contributed by atoms with van der Waals surface area (Å²) in [5.41, 5.74) is 1.95. The molecule has 1 aromatic rings. The van der Waals surface area contributed by atoms with Crippen LogP contribution in [0.3, 0.4) is 0 Å². The summed E-state index contributed by atoms with van der Waals surface area (Å²) in [6.45, 7) is 2.85. The van der Waals surface area contributed by atoms with Crippen LogP contribution in [-0.4, -0.2) is 22.3 Å². The summed E-state index contributed by atoms with van der Waals surface area (Å²) in [4.78, 5) is 0. The topological polar surface area (TPSA) is 9.23 Å². The van der Waals surface area contributed by atoms with Crippen molar-refractivity contribution >= 4 is 24.8 Å². The van der Waals surface area contributed by atoms with Gasteiger partial charge in [-0.3, -0.25) is 0 Å². The van der Waals surface area contributed by atoms with Crippen LogP contribution in [0.5, 0.6) is 5.75 Å². The summed E-state index contributed by atoms with van der Waals surface area (Å²) >= 11 is 7.64. The molecule has 0 amide bonds. The normalized spacial score (nSPS) is 19.4. The molecule has 4 heteroatoms. The van der Waals surface area contributed by atoms with Crippen LogP contribution < -0.4 is 10.0 Å². The number of rotatable bonds is 5. The van der Waals surface area contributed by atoms with Crippen LogP contribution in [-0.2, 0) is 19.2 Å². The zero-order valence-electron chi connectivity index (χ0n) is 15.5. The Bertz CT molecular complexity index is 455. The maximum absolute atomic E-state index is 5.78. The van der Waals surface area contributed by atoms with E-state index < -0.39 is 0 Å². The van der Waals surface area contributed by atoms with Crippen LogP contribution in [0, 0.1) is 0 Å². The molecule has 1 nitrogen and oxygen atoms in total. The molecule has 2 saturated carbocycles. The van der Waals surface area contributed by atoms with Crippen LogP contribution in [0.15, 0.2) is 24.3 Å². The van der Waals surface area contributed by atoms with Gasteiger partial charge in [-0.25, -0.2) is 0 Å². The molecule has 1 aromatic carbocycles. The SMILES string of the molecule is CCOc1cccc(P(C2CCCCC2)C2CCCCC2)c1.Cl[CH2][Pd]. The molecule has 0 unspecified atom stereocenters. The molecule has 0 heterocycles.